The molecule has 0 saturated heterocycles. The molecule has 0 aromatic carbocycles. The average molecular weight is 208 g/mol. The lowest BCUT2D eigenvalue weighted by atomic mass is 9.64. The molecule has 1 aliphatic carbocycles. The second-order valence-corrected chi connectivity index (χ2v) is 4.57. The number of anilines is 2. The van der Waals surface area contributed by atoms with E-state index in [-0.39, 0.29) is 23.5 Å². The van der Waals surface area contributed by atoms with Gasteiger partial charge in [0.2, 0.25) is 5.95 Å². The standard InChI is InChI=1S/C10H16N4O/c1-10(2)6(5-7(10)15)13-8-3-4-12-9(11)14-8/h3-4,6-7,15H,5H2,1-2H3,(H3,11,12,13,14). The quantitative estimate of drug-likeness (QED) is 0.664. The van der Waals surface area contributed by atoms with Crippen LogP contribution >= 0.6 is 0 Å². The number of aliphatic hydroxyl groups is 1. The molecule has 1 heterocycles. The number of nitrogens with one attached hydrogen (secondary N) is 1. The van der Waals surface area contributed by atoms with Crippen molar-refractivity contribution in [2.24, 2.45) is 5.41 Å². The second-order valence-electron chi connectivity index (χ2n) is 4.57. The first kappa shape index (κ1) is 10.2. The van der Waals surface area contributed by atoms with Crippen LogP contribution in [0.15, 0.2) is 12.3 Å². The van der Waals surface area contributed by atoms with Gasteiger partial charge in [-0.3, -0.25) is 0 Å². The van der Waals surface area contributed by atoms with E-state index in [1.807, 2.05) is 13.8 Å². The maximum absolute atomic E-state index is 9.58. The smallest absolute Gasteiger partial charge is 0.221 e. The molecule has 2 rings (SSSR count). The third kappa shape index (κ3) is 1.74. The third-order valence-corrected chi connectivity index (χ3v) is 3.21. The van der Waals surface area contributed by atoms with Gasteiger partial charge in [-0.2, -0.15) is 4.98 Å². The van der Waals surface area contributed by atoms with E-state index < -0.39 is 0 Å². The Bertz CT molecular complexity index is 366. The van der Waals surface area contributed by atoms with E-state index in [4.69, 9.17) is 5.73 Å². The highest BCUT2D eigenvalue weighted by atomic mass is 16.3. The number of hydrogen-bond acceptors (Lipinski definition) is 5. The van der Waals surface area contributed by atoms with Gasteiger partial charge in [-0.05, 0) is 12.5 Å². The molecule has 5 heteroatoms. The number of rotatable bonds is 2. The van der Waals surface area contributed by atoms with Crippen molar-refractivity contribution >= 4 is 11.8 Å². The van der Waals surface area contributed by atoms with Gasteiger partial charge in [0.1, 0.15) is 5.82 Å². The zero-order valence-electron chi connectivity index (χ0n) is 8.94. The van der Waals surface area contributed by atoms with Gasteiger partial charge < -0.3 is 16.2 Å². The lowest BCUT2D eigenvalue weighted by Crippen LogP contribution is -2.57. The Morgan fingerprint density at radius 2 is 2.33 bits per heavy atom. The average Bonchev–Trinajstić information content (AvgIpc) is 2.17. The van der Waals surface area contributed by atoms with E-state index in [1.54, 1.807) is 12.3 Å². The van der Waals surface area contributed by atoms with Gasteiger partial charge in [-0.1, -0.05) is 13.8 Å². The molecular formula is C10H16N4O. The van der Waals surface area contributed by atoms with Crippen molar-refractivity contribution in [1.82, 2.24) is 9.97 Å². The fourth-order valence-electron chi connectivity index (χ4n) is 1.78. The van der Waals surface area contributed by atoms with E-state index >= 15 is 0 Å². The minimum absolute atomic E-state index is 0.111. The SMILES string of the molecule is CC1(C)C(O)CC1Nc1ccnc(N)n1. The Morgan fingerprint density at radius 3 is 2.87 bits per heavy atom. The van der Waals surface area contributed by atoms with Gasteiger partial charge in [0.05, 0.1) is 6.10 Å². The number of nitrogens with two attached hydrogens (primary N) is 1. The largest absolute Gasteiger partial charge is 0.392 e. The summed E-state index contributed by atoms with van der Waals surface area (Å²) in [6.45, 7) is 4.06. The molecule has 1 aromatic rings. The topological polar surface area (TPSA) is 84.1 Å². The molecule has 0 aliphatic heterocycles. The summed E-state index contributed by atoms with van der Waals surface area (Å²) in [6.07, 6.45) is 2.12. The van der Waals surface area contributed by atoms with Gasteiger partial charge in [-0.25, -0.2) is 4.98 Å². The summed E-state index contributed by atoms with van der Waals surface area (Å²) in [5.41, 5.74) is 5.37. The number of nitrogen functional groups attached to an aromatic ring is 1. The molecule has 5 nitrogen and oxygen atoms in total. The fourth-order valence-corrected chi connectivity index (χ4v) is 1.78. The predicted octanol–water partition coefficient (Wildman–Crippen LogP) is 0.630. The van der Waals surface area contributed by atoms with Gasteiger partial charge in [0.25, 0.3) is 0 Å². The molecule has 1 fully saturated rings. The summed E-state index contributed by atoms with van der Waals surface area (Å²) in [4.78, 5) is 7.88. The minimum Gasteiger partial charge on any atom is -0.392 e. The molecule has 1 aromatic heterocycles. The summed E-state index contributed by atoms with van der Waals surface area (Å²) in [6, 6.07) is 2.01. The molecule has 82 valence electrons. The van der Waals surface area contributed by atoms with E-state index in [0.717, 1.165) is 6.42 Å². The van der Waals surface area contributed by atoms with Crippen molar-refractivity contribution in [2.75, 3.05) is 11.1 Å². The monoisotopic (exact) mass is 208 g/mol. The van der Waals surface area contributed by atoms with Crippen molar-refractivity contribution < 1.29 is 5.11 Å². The Balaban J connectivity index is 2.05. The van der Waals surface area contributed by atoms with E-state index in [1.165, 1.54) is 0 Å². The second kappa shape index (κ2) is 3.34. The predicted molar refractivity (Wildman–Crippen MR) is 58.3 cm³/mol. The van der Waals surface area contributed by atoms with Crippen LogP contribution in [0.4, 0.5) is 11.8 Å². The summed E-state index contributed by atoms with van der Waals surface area (Å²) < 4.78 is 0. The molecule has 1 saturated carbocycles. The number of aliphatic hydroxyl groups excluding tert-OH is 1. The van der Waals surface area contributed by atoms with E-state index in [9.17, 15) is 5.11 Å². The lowest BCUT2D eigenvalue weighted by Gasteiger charge is -2.49. The Labute approximate surface area is 88.7 Å². The maximum atomic E-state index is 9.58. The van der Waals surface area contributed by atoms with Crippen LogP contribution in [0, 0.1) is 5.41 Å². The first-order valence-corrected chi connectivity index (χ1v) is 5.03. The van der Waals surface area contributed by atoms with Crippen molar-refractivity contribution in [3.63, 3.8) is 0 Å². The maximum Gasteiger partial charge on any atom is 0.221 e. The first-order valence-electron chi connectivity index (χ1n) is 5.03. The highest BCUT2D eigenvalue weighted by Crippen LogP contribution is 2.41. The minimum atomic E-state index is -0.241. The highest BCUT2D eigenvalue weighted by molar-refractivity contribution is 5.40. The van der Waals surface area contributed by atoms with Gasteiger partial charge in [0, 0.05) is 17.7 Å². The zero-order chi connectivity index (χ0) is 11.1. The van der Waals surface area contributed by atoms with Gasteiger partial charge in [-0.15, -0.1) is 0 Å². The molecule has 0 bridgehead atoms. The molecule has 2 unspecified atom stereocenters. The highest BCUT2D eigenvalue weighted by Gasteiger charge is 2.47. The summed E-state index contributed by atoms with van der Waals surface area (Å²) in [7, 11) is 0. The van der Waals surface area contributed by atoms with E-state index in [0.29, 0.717) is 5.82 Å². The lowest BCUT2D eigenvalue weighted by molar-refractivity contribution is -0.0511. The van der Waals surface area contributed by atoms with Crippen LogP contribution in [0.5, 0.6) is 0 Å². The molecule has 2 atom stereocenters. The molecule has 0 spiro atoms. The number of hydrogen-bond donors (Lipinski definition) is 3. The molecule has 0 amide bonds. The molecule has 0 radical (unpaired) electrons. The van der Waals surface area contributed by atoms with Crippen LogP contribution in [0.3, 0.4) is 0 Å². The normalized spacial score (nSPS) is 28.2. The fraction of sp³-hybridized carbons (Fsp3) is 0.600. The van der Waals surface area contributed by atoms with Crippen LogP contribution in [0.2, 0.25) is 0 Å². The van der Waals surface area contributed by atoms with Crippen LogP contribution in [0.1, 0.15) is 20.3 Å². The Morgan fingerprint density at radius 1 is 1.60 bits per heavy atom. The first-order chi connectivity index (χ1) is 7.00. The van der Waals surface area contributed by atoms with Crippen LogP contribution in [0.25, 0.3) is 0 Å². The van der Waals surface area contributed by atoms with Crippen LogP contribution in [-0.4, -0.2) is 27.2 Å². The van der Waals surface area contributed by atoms with Crippen LogP contribution in [-0.2, 0) is 0 Å². The van der Waals surface area contributed by atoms with Crippen molar-refractivity contribution in [1.29, 1.82) is 0 Å². The molecule has 4 N–H and O–H groups in total. The van der Waals surface area contributed by atoms with Crippen molar-refractivity contribution in [2.45, 2.75) is 32.4 Å². The summed E-state index contributed by atoms with van der Waals surface area (Å²) in [5, 5.41) is 12.8. The molecule has 1 aliphatic rings. The Kier molecular flexibility index (Phi) is 2.26. The van der Waals surface area contributed by atoms with Crippen molar-refractivity contribution in [3.05, 3.63) is 12.3 Å². The van der Waals surface area contributed by atoms with Gasteiger partial charge in [0.15, 0.2) is 0 Å². The third-order valence-electron chi connectivity index (χ3n) is 3.21. The van der Waals surface area contributed by atoms with Crippen LogP contribution < -0.4 is 11.1 Å². The Hall–Kier alpha value is -1.36. The summed E-state index contributed by atoms with van der Waals surface area (Å²) in [5.74, 6) is 0.977. The van der Waals surface area contributed by atoms with Gasteiger partial charge >= 0.3 is 0 Å². The number of nitrogens with zero attached hydrogens (tertiary/aromatic N) is 2. The summed E-state index contributed by atoms with van der Waals surface area (Å²) >= 11 is 0. The molecular weight excluding hydrogens is 192 g/mol. The molecule has 15 heavy (non-hydrogen) atoms. The van der Waals surface area contributed by atoms with Crippen molar-refractivity contribution in [3.8, 4) is 0 Å². The number of aromatic nitrogens is 2. The van der Waals surface area contributed by atoms with E-state index in [2.05, 4.69) is 15.3 Å². The zero-order valence-corrected chi connectivity index (χ0v) is 8.94.